The Kier molecular flexibility index (Phi) is 4.47. The zero-order valence-electron chi connectivity index (χ0n) is 11.6. The highest BCUT2D eigenvalue weighted by atomic mass is 32.2. The van der Waals surface area contributed by atoms with E-state index in [2.05, 4.69) is 17.1 Å². The fourth-order valence-electron chi connectivity index (χ4n) is 2.42. The minimum Gasteiger partial charge on any atom is -0.369 e. The Labute approximate surface area is 115 Å². The topological polar surface area (TPSA) is 49.4 Å². The maximum atomic E-state index is 11.9. The number of hydrogen-bond acceptors (Lipinski definition) is 4. The van der Waals surface area contributed by atoms with Crippen molar-refractivity contribution in [3.8, 4) is 0 Å². The third kappa shape index (κ3) is 3.48. The predicted octanol–water partition coefficient (Wildman–Crippen LogP) is 1.67. The van der Waals surface area contributed by atoms with Crippen molar-refractivity contribution in [1.82, 2.24) is 5.32 Å². The summed E-state index contributed by atoms with van der Waals surface area (Å²) in [5, 5.41) is 3.40. The van der Waals surface area contributed by atoms with Crippen molar-refractivity contribution in [2.75, 3.05) is 30.3 Å². The average molecular weight is 282 g/mol. The Morgan fingerprint density at radius 1 is 1.32 bits per heavy atom. The summed E-state index contributed by atoms with van der Waals surface area (Å²) in [7, 11) is -3.10. The fraction of sp³-hybridized carbons (Fsp3) is 0.571. The van der Waals surface area contributed by atoms with Crippen LogP contribution in [0.3, 0.4) is 0 Å². The molecule has 4 nitrogen and oxygen atoms in total. The molecule has 1 atom stereocenters. The summed E-state index contributed by atoms with van der Waals surface area (Å²) in [5.74, 6) is 0.219. The van der Waals surface area contributed by atoms with Crippen LogP contribution in [-0.4, -0.2) is 39.8 Å². The third-order valence-electron chi connectivity index (χ3n) is 3.40. The van der Waals surface area contributed by atoms with Crippen molar-refractivity contribution in [2.24, 2.45) is 0 Å². The van der Waals surface area contributed by atoms with Crippen molar-refractivity contribution in [2.45, 2.75) is 31.2 Å². The molecule has 0 saturated carbocycles. The Morgan fingerprint density at radius 2 is 2.00 bits per heavy atom. The molecular formula is C14H22N2O2S. The lowest BCUT2D eigenvalue weighted by atomic mass is 10.2. The van der Waals surface area contributed by atoms with Crippen molar-refractivity contribution in [3.63, 3.8) is 0 Å². The number of benzene rings is 1. The summed E-state index contributed by atoms with van der Waals surface area (Å²) in [6, 6.07) is 7.76. The van der Waals surface area contributed by atoms with Crippen LogP contribution in [0.1, 0.15) is 20.3 Å². The standard InChI is InChI=1S/C14H22N2O2S/c1-3-10-19(17,18)14-6-4-13(5-7-14)16-9-8-15-12(2)11-16/h4-7,12,15H,3,8-11H2,1-2H3. The van der Waals surface area contributed by atoms with E-state index < -0.39 is 9.84 Å². The first-order valence-corrected chi connectivity index (χ1v) is 8.49. The molecule has 1 aromatic rings. The molecule has 0 aliphatic carbocycles. The summed E-state index contributed by atoms with van der Waals surface area (Å²) < 4.78 is 23.9. The lowest BCUT2D eigenvalue weighted by molar-refractivity contribution is 0.485. The molecule has 1 unspecified atom stereocenters. The molecule has 5 heteroatoms. The van der Waals surface area contributed by atoms with Gasteiger partial charge in [-0.2, -0.15) is 0 Å². The van der Waals surface area contributed by atoms with Crippen LogP contribution in [0.2, 0.25) is 0 Å². The number of nitrogens with one attached hydrogen (secondary N) is 1. The van der Waals surface area contributed by atoms with Crippen LogP contribution in [0.25, 0.3) is 0 Å². The van der Waals surface area contributed by atoms with Gasteiger partial charge in [0.2, 0.25) is 0 Å². The first-order valence-electron chi connectivity index (χ1n) is 6.84. The van der Waals surface area contributed by atoms with Crippen molar-refractivity contribution in [3.05, 3.63) is 24.3 Å². The van der Waals surface area contributed by atoms with Crippen LogP contribution in [0.5, 0.6) is 0 Å². The number of sulfone groups is 1. The first kappa shape index (κ1) is 14.3. The van der Waals surface area contributed by atoms with Gasteiger partial charge in [-0.3, -0.25) is 0 Å². The van der Waals surface area contributed by atoms with Gasteiger partial charge in [0.05, 0.1) is 10.6 Å². The molecule has 1 N–H and O–H groups in total. The molecule has 0 radical (unpaired) electrons. The molecule has 1 aliphatic rings. The molecule has 1 saturated heterocycles. The Bertz CT molecular complexity index is 511. The minimum absolute atomic E-state index is 0.219. The zero-order chi connectivity index (χ0) is 13.9. The van der Waals surface area contributed by atoms with E-state index in [1.807, 2.05) is 19.1 Å². The average Bonchev–Trinajstić information content (AvgIpc) is 2.39. The molecule has 1 fully saturated rings. The van der Waals surface area contributed by atoms with Crippen LogP contribution in [0.4, 0.5) is 5.69 Å². The van der Waals surface area contributed by atoms with Gasteiger partial charge >= 0.3 is 0 Å². The summed E-state index contributed by atoms with van der Waals surface area (Å²) in [6.07, 6.45) is 0.652. The van der Waals surface area contributed by atoms with E-state index in [0.717, 1.165) is 25.3 Å². The van der Waals surface area contributed by atoms with E-state index in [-0.39, 0.29) is 5.75 Å². The van der Waals surface area contributed by atoms with Gasteiger partial charge in [0.25, 0.3) is 0 Å². The first-order chi connectivity index (χ1) is 9.03. The number of piperazine rings is 1. The highest BCUT2D eigenvalue weighted by molar-refractivity contribution is 7.91. The summed E-state index contributed by atoms with van der Waals surface area (Å²) in [4.78, 5) is 2.72. The Morgan fingerprint density at radius 3 is 2.58 bits per heavy atom. The van der Waals surface area contributed by atoms with Crippen LogP contribution < -0.4 is 10.2 Å². The maximum Gasteiger partial charge on any atom is 0.178 e. The van der Waals surface area contributed by atoms with E-state index in [1.165, 1.54) is 0 Å². The predicted molar refractivity (Wildman–Crippen MR) is 78.5 cm³/mol. The van der Waals surface area contributed by atoms with Gasteiger partial charge in [0.15, 0.2) is 9.84 Å². The second-order valence-corrected chi connectivity index (χ2v) is 7.22. The molecule has 1 aromatic carbocycles. The Balaban J connectivity index is 2.14. The zero-order valence-corrected chi connectivity index (χ0v) is 12.4. The molecular weight excluding hydrogens is 260 g/mol. The van der Waals surface area contributed by atoms with Gasteiger partial charge in [-0.25, -0.2) is 8.42 Å². The molecule has 1 aliphatic heterocycles. The van der Waals surface area contributed by atoms with Gasteiger partial charge in [-0.1, -0.05) is 6.92 Å². The van der Waals surface area contributed by atoms with Crippen molar-refractivity contribution < 1.29 is 8.42 Å². The molecule has 106 valence electrons. The van der Waals surface area contributed by atoms with E-state index in [9.17, 15) is 8.42 Å². The van der Waals surface area contributed by atoms with E-state index in [4.69, 9.17) is 0 Å². The van der Waals surface area contributed by atoms with Crippen molar-refractivity contribution in [1.29, 1.82) is 0 Å². The highest BCUT2D eigenvalue weighted by Crippen LogP contribution is 2.20. The quantitative estimate of drug-likeness (QED) is 0.912. The molecule has 0 bridgehead atoms. The summed E-state index contributed by atoms with van der Waals surface area (Å²) >= 11 is 0. The van der Waals surface area contributed by atoms with Crippen LogP contribution in [0.15, 0.2) is 29.2 Å². The third-order valence-corrected chi connectivity index (χ3v) is 5.34. The molecule has 0 aromatic heterocycles. The maximum absolute atomic E-state index is 11.9. The lowest BCUT2D eigenvalue weighted by Gasteiger charge is -2.33. The minimum atomic E-state index is -3.10. The molecule has 2 rings (SSSR count). The van der Waals surface area contributed by atoms with Crippen LogP contribution in [-0.2, 0) is 9.84 Å². The van der Waals surface area contributed by atoms with Gasteiger partial charge in [0, 0.05) is 31.4 Å². The van der Waals surface area contributed by atoms with Crippen LogP contribution in [0, 0.1) is 0 Å². The SMILES string of the molecule is CCCS(=O)(=O)c1ccc(N2CCNC(C)C2)cc1. The molecule has 19 heavy (non-hydrogen) atoms. The van der Waals surface area contributed by atoms with Gasteiger partial charge < -0.3 is 10.2 Å². The van der Waals surface area contributed by atoms with Crippen LogP contribution >= 0.6 is 0 Å². The van der Waals surface area contributed by atoms with E-state index >= 15 is 0 Å². The van der Waals surface area contributed by atoms with E-state index in [0.29, 0.717) is 17.4 Å². The summed E-state index contributed by atoms with van der Waals surface area (Å²) in [6.45, 7) is 6.93. The largest absolute Gasteiger partial charge is 0.369 e. The Hall–Kier alpha value is -1.07. The van der Waals surface area contributed by atoms with Gasteiger partial charge in [-0.05, 0) is 37.6 Å². The highest BCUT2D eigenvalue weighted by Gasteiger charge is 2.17. The second-order valence-electron chi connectivity index (χ2n) is 5.11. The molecule has 1 heterocycles. The van der Waals surface area contributed by atoms with Gasteiger partial charge in [-0.15, -0.1) is 0 Å². The smallest absolute Gasteiger partial charge is 0.178 e. The second kappa shape index (κ2) is 5.92. The lowest BCUT2D eigenvalue weighted by Crippen LogP contribution is -2.49. The number of anilines is 1. The number of rotatable bonds is 4. The molecule has 0 amide bonds. The number of nitrogens with zero attached hydrogens (tertiary/aromatic N) is 1. The summed E-state index contributed by atoms with van der Waals surface area (Å²) in [5.41, 5.74) is 1.10. The number of hydrogen-bond donors (Lipinski definition) is 1. The molecule has 0 spiro atoms. The fourth-order valence-corrected chi connectivity index (χ4v) is 3.74. The van der Waals surface area contributed by atoms with Gasteiger partial charge in [0.1, 0.15) is 0 Å². The van der Waals surface area contributed by atoms with E-state index in [1.54, 1.807) is 12.1 Å². The van der Waals surface area contributed by atoms with Crippen molar-refractivity contribution >= 4 is 15.5 Å². The normalized spacial score (nSPS) is 20.5. The monoisotopic (exact) mass is 282 g/mol.